The van der Waals surface area contributed by atoms with Crippen LogP contribution in [0, 0.1) is 12.1 Å². The van der Waals surface area contributed by atoms with Gasteiger partial charge in [-0.05, 0) is 73.2 Å². The van der Waals surface area contributed by atoms with Crippen molar-refractivity contribution in [1.82, 2.24) is 9.97 Å². The molecule has 243 valence electrons. The van der Waals surface area contributed by atoms with Gasteiger partial charge in [0.05, 0.1) is 6.85 Å². The van der Waals surface area contributed by atoms with Crippen molar-refractivity contribution in [3.63, 3.8) is 0 Å². The molecule has 0 amide bonds. The number of hydrogen-bond donors (Lipinski definition) is 0. The molecule has 3 heteroatoms. The van der Waals surface area contributed by atoms with Crippen molar-refractivity contribution in [2.45, 2.75) is 39.5 Å². The van der Waals surface area contributed by atoms with E-state index in [1.807, 2.05) is 24.4 Å². The van der Waals surface area contributed by atoms with E-state index in [0.717, 1.165) is 11.3 Å². The molecular weight excluding hydrogens is 773 g/mol. The first-order valence-corrected chi connectivity index (χ1v) is 16.3. The Bertz CT molecular complexity index is 2590. The fourth-order valence-electron chi connectivity index (χ4n) is 6.04. The predicted octanol–water partition coefficient (Wildman–Crippen LogP) is 12.5. The Hall–Kier alpha value is -4.95. The molecule has 2 nitrogen and oxygen atoms in total. The number of rotatable bonds is 5. The Labute approximate surface area is 310 Å². The molecule has 49 heavy (non-hydrogen) atoms. The fraction of sp³-hybridized carbons (Fsp3) is 0.130. The van der Waals surface area contributed by atoms with E-state index < -0.39 is 6.04 Å². The molecular formula is C46H38IrN2-2. The van der Waals surface area contributed by atoms with Gasteiger partial charge in [0.1, 0.15) is 0 Å². The van der Waals surface area contributed by atoms with Crippen molar-refractivity contribution in [2.24, 2.45) is 0 Å². The third kappa shape index (κ3) is 7.25. The molecule has 1 radical (unpaired) electrons. The van der Waals surface area contributed by atoms with Crippen molar-refractivity contribution in [3.8, 4) is 33.6 Å². The molecule has 0 unspecified atom stereocenters. The van der Waals surface area contributed by atoms with Crippen LogP contribution in [0.1, 0.15) is 57.5 Å². The van der Waals surface area contributed by atoms with E-state index in [9.17, 15) is 0 Å². The monoisotopic (exact) mass is 816 g/mol. The van der Waals surface area contributed by atoms with Crippen molar-refractivity contribution < 1.29 is 27.0 Å². The molecule has 0 N–H and O–H groups in total. The molecule has 0 saturated carbocycles. The summed E-state index contributed by atoms with van der Waals surface area (Å²) in [4.78, 5) is 9.06. The van der Waals surface area contributed by atoms with Gasteiger partial charge in [-0.3, -0.25) is 0 Å². The van der Waals surface area contributed by atoms with E-state index in [1.165, 1.54) is 43.4 Å². The maximum Gasteiger partial charge on any atom is 0.0629 e. The summed E-state index contributed by atoms with van der Waals surface area (Å²) in [5.74, 6) is 0.905. The van der Waals surface area contributed by atoms with Crippen molar-refractivity contribution >= 4 is 32.3 Å². The predicted molar refractivity (Wildman–Crippen MR) is 203 cm³/mol. The topological polar surface area (TPSA) is 25.8 Å². The summed E-state index contributed by atoms with van der Waals surface area (Å²) >= 11 is 0. The number of pyridine rings is 2. The van der Waals surface area contributed by atoms with E-state index in [2.05, 4.69) is 112 Å². The third-order valence-electron chi connectivity index (χ3n) is 8.65. The van der Waals surface area contributed by atoms with Gasteiger partial charge >= 0.3 is 0 Å². The maximum absolute atomic E-state index is 8.05. The van der Waals surface area contributed by atoms with Gasteiger partial charge in [0, 0.05) is 32.5 Å². The second-order valence-electron chi connectivity index (χ2n) is 12.5. The molecule has 0 fully saturated rings. The van der Waals surface area contributed by atoms with Crippen molar-refractivity contribution in [1.29, 1.82) is 0 Å². The van der Waals surface area contributed by atoms with Gasteiger partial charge in [-0.2, -0.15) is 0 Å². The van der Waals surface area contributed by atoms with Crippen LogP contribution < -0.4 is 0 Å². The Kier molecular flexibility index (Phi) is 8.60. The summed E-state index contributed by atoms with van der Waals surface area (Å²) in [6, 6.07) is 40.1. The summed E-state index contributed by atoms with van der Waals surface area (Å²) in [6.45, 7) is 8.96. The van der Waals surface area contributed by atoms with Gasteiger partial charge < -0.3 is 9.97 Å². The van der Waals surface area contributed by atoms with Gasteiger partial charge in [0.25, 0.3) is 0 Å². The second kappa shape index (κ2) is 15.1. The molecule has 0 aliphatic rings. The molecule has 0 bridgehead atoms. The Morgan fingerprint density at radius 1 is 0.592 bits per heavy atom. The average molecular weight is 816 g/mol. The van der Waals surface area contributed by atoms with Gasteiger partial charge in [-0.25, -0.2) is 0 Å². The zero-order valence-corrected chi connectivity index (χ0v) is 30.2. The molecule has 6 aromatic carbocycles. The number of aromatic nitrogens is 2. The van der Waals surface area contributed by atoms with Crippen LogP contribution in [-0.4, -0.2) is 9.97 Å². The van der Waals surface area contributed by atoms with Crippen LogP contribution in [0.25, 0.3) is 66.0 Å². The number of nitrogens with zero attached hydrogens (tertiary/aromatic N) is 2. The zero-order chi connectivity index (χ0) is 37.4. The first kappa shape index (κ1) is 27.9. The van der Waals surface area contributed by atoms with Crippen LogP contribution in [0.2, 0.25) is 0 Å². The molecule has 8 rings (SSSR count). The fourth-order valence-corrected chi connectivity index (χ4v) is 6.04. The van der Waals surface area contributed by atoms with Crippen LogP contribution >= 0.6 is 0 Å². The van der Waals surface area contributed by atoms with Crippen molar-refractivity contribution in [3.05, 3.63) is 169 Å². The largest absolute Gasteiger partial charge is 0.305 e. The van der Waals surface area contributed by atoms with E-state index in [1.54, 1.807) is 24.4 Å². The van der Waals surface area contributed by atoms with Crippen LogP contribution in [0.3, 0.4) is 0 Å². The van der Waals surface area contributed by atoms with Gasteiger partial charge in [-0.15, -0.1) is 70.3 Å². The molecule has 2 aromatic heterocycles. The second-order valence-corrected chi connectivity index (χ2v) is 12.5. The number of hydrogen-bond acceptors (Lipinski definition) is 2. The minimum absolute atomic E-state index is 0. The van der Waals surface area contributed by atoms with Crippen LogP contribution in [0.4, 0.5) is 0 Å². The normalized spacial score (nSPS) is 12.5. The molecule has 0 saturated heterocycles. The molecule has 8 aromatic rings. The zero-order valence-electron chi connectivity index (χ0n) is 32.9. The summed E-state index contributed by atoms with van der Waals surface area (Å²) in [5.41, 5.74) is 6.85. The molecule has 0 spiro atoms. The minimum atomic E-state index is -0.392. The van der Waals surface area contributed by atoms with Crippen molar-refractivity contribution in [2.75, 3.05) is 0 Å². The first-order chi connectivity index (χ1) is 25.5. The molecule has 2 heterocycles. The smallest absolute Gasteiger partial charge is 0.0629 e. The van der Waals surface area contributed by atoms with E-state index >= 15 is 0 Å². The standard InChI is InChI=1S/C29H26N.C17H12N.Ir/c1-18(2)21-15-22(19(3)4)17-23(16-21)29-28-12-11-25-24-8-6-5-7-20(24)9-10-26(25)27(28)13-14-30-29;1-2-7-14(8-3-1)15-9-6-10-16(13-15)17-11-4-5-12-18-17;/h5-16,18-19H,1-4H3;1-9,11-13H;/q2*-1;/i;1D,2D,3D,7D,8D;. The van der Waals surface area contributed by atoms with E-state index in [0.29, 0.717) is 28.7 Å². The van der Waals surface area contributed by atoms with Crippen LogP contribution in [0.15, 0.2) is 146 Å². The summed E-state index contributed by atoms with van der Waals surface area (Å²) in [6.07, 6.45) is 3.61. The summed E-state index contributed by atoms with van der Waals surface area (Å²) < 4.78 is 39.3. The molecule has 0 aliphatic carbocycles. The van der Waals surface area contributed by atoms with Gasteiger partial charge in [0.2, 0.25) is 0 Å². The van der Waals surface area contributed by atoms with Crippen LogP contribution in [-0.2, 0) is 20.1 Å². The Balaban J connectivity index is 0.000000187. The Morgan fingerprint density at radius 2 is 1.33 bits per heavy atom. The molecule has 0 aliphatic heterocycles. The van der Waals surface area contributed by atoms with E-state index in [-0.39, 0.29) is 49.8 Å². The number of benzene rings is 6. The SMILES string of the molecule is CC(C)c1[c-]c(-c2nccc3c2ccc2c4ccccc4ccc32)cc(C(C)C)c1.[2H]c1c([2H])c([2H])c(-c2cc[c-]c(-c3ccccn3)c2)c([2H])c1[2H].[Ir]. The minimum Gasteiger partial charge on any atom is -0.305 e. The van der Waals surface area contributed by atoms with Crippen LogP contribution in [0.5, 0.6) is 0 Å². The maximum atomic E-state index is 8.05. The summed E-state index contributed by atoms with van der Waals surface area (Å²) in [7, 11) is 0. The first-order valence-electron chi connectivity index (χ1n) is 18.8. The summed E-state index contributed by atoms with van der Waals surface area (Å²) in [5, 5.41) is 7.58. The van der Waals surface area contributed by atoms with Gasteiger partial charge in [-0.1, -0.05) is 119 Å². The molecule has 0 atom stereocenters. The van der Waals surface area contributed by atoms with E-state index in [4.69, 9.17) is 11.8 Å². The third-order valence-corrected chi connectivity index (χ3v) is 8.65. The quantitative estimate of drug-likeness (QED) is 0.128. The van der Waals surface area contributed by atoms with Gasteiger partial charge in [0.15, 0.2) is 0 Å². The average Bonchev–Trinajstić information content (AvgIpc) is 3.19. The number of fused-ring (bicyclic) bond motifs is 5. The Morgan fingerprint density at radius 3 is 2.10 bits per heavy atom.